The first-order chi connectivity index (χ1) is 8.75. The lowest BCUT2D eigenvalue weighted by atomic mass is 10.2. The van der Waals surface area contributed by atoms with Gasteiger partial charge in [-0.3, -0.25) is 4.90 Å². The van der Waals surface area contributed by atoms with Crippen LogP contribution in [0.5, 0.6) is 0 Å². The van der Waals surface area contributed by atoms with Gasteiger partial charge in [-0.1, -0.05) is 0 Å². The van der Waals surface area contributed by atoms with Gasteiger partial charge in [-0.15, -0.1) is 0 Å². The number of furan rings is 1. The fraction of sp³-hybridized carbons (Fsp3) is 0.714. The maximum atomic E-state index is 5.05. The van der Waals surface area contributed by atoms with Gasteiger partial charge in [-0.25, -0.2) is 0 Å². The summed E-state index contributed by atoms with van der Waals surface area (Å²) < 4.78 is 5.05. The van der Waals surface area contributed by atoms with Crippen molar-refractivity contribution in [3.8, 4) is 0 Å². The van der Waals surface area contributed by atoms with Crippen LogP contribution >= 0.6 is 0 Å². The van der Waals surface area contributed by atoms with Crippen molar-refractivity contribution < 1.29 is 4.42 Å². The van der Waals surface area contributed by atoms with E-state index < -0.39 is 0 Å². The van der Waals surface area contributed by atoms with Crippen molar-refractivity contribution >= 4 is 0 Å². The molecule has 1 unspecified atom stereocenters. The molecule has 0 spiro atoms. The van der Waals surface area contributed by atoms with Crippen LogP contribution in [0.4, 0.5) is 0 Å². The summed E-state index contributed by atoms with van der Waals surface area (Å²) in [4.78, 5) is 4.91. The van der Waals surface area contributed by atoms with Crippen LogP contribution in [-0.2, 0) is 6.54 Å². The van der Waals surface area contributed by atoms with E-state index in [1.807, 2.05) is 6.07 Å². The Labute approximate surface area is 110 Å². The minimum Gasteiger partial charge on any atom is -0.472 e. The molecule has 2 rings (SSSR count). The zero-order valence-corrected chi connectivity index (χ0v) is 11.6. The van der Waals surface area contributed by atoms with E-state index in [4.69, 9.17) is 4.42 Å². The first-order valence-corrected chi connectivity index (χ1v) is 6.86. The summed E-state index contributed by atoms with van der Waals surface area (Å²) in [6.45, 7) is 5.54. The molecule has 0 aliphatic carbocycles. The standard InChI is InChI=1S/C14H25N3O/c1-16(2)11-14-4-3-7-17(14)8-6-15-10-13-5-9-18-12-13/h5,9,12,14-15H,3-4,6-8,10-11H2,1-2H3. The van der Waals surface area contributed by atoms with Crippen LogP contribution < -0.4 is 5.32 Å². The molecule has 0 aromatic carbocycles. The first kappa shape index (κ1) is 13.6. The molecule has 2 heterocycles. The van der Waals surface area contributed by atoms with E-state index >= 15 is 0 Å². The molecule has 1 fully saturated rings. The van der Waals surface area contributed by atoms with Crippen LogP contribution in [0.25, 0.3) is 0 Å². The lowest BCUT2D eigenvalue weighted by molar-refractivity contribution is 0.208. The molecular weight excluding hydrogens is 226 g/mol. The second kappa shape index (κ2) is 6.92. The summed E-state index contributed by atoms with van der Waals surface area (Å²) in [5.41, 5.74) is 1.22. The molecular formula is C14H25N3O. The quantitative estimate of drug-likeness (QED) is 0.742. The van der Waals surface area contributed by atoms with Gasteiger partial charge in [0, 0.05) is 37.8 Å². The number of likely N-dealkylation sites (N-methyl/N-ethyl adjacent to an activating group) is 1. The topological polar surface area (TPSA) is 31.6 Å². The van der Waals surface area contributed by atoms with Gasteiger partial charge in [0.25, 0.3) is 0 Å². The van der Waals surface area contributed by atoms with E-state index in [1.54, 1.807) is 12.5 Å². The van der Waals surface area contributed by atoms with Crippen molar-refractivity contribution in [2.24, 2.45) is 0 Å². The molecule has 0 saturated carbocycles. The van der Waals surface area contributed by atoms with E-state index in [9.17, 15) is 0 Å². The molecule has 4 heteroatoms. The maximum Gasteiger partial charge on any atom is 0.0947 e. The number of likely N-dealkylation sites (tertiary alicyclic amines) is 1. The molecule has 0 bridgehead atoms. The highest BCUT2D eigenvalue weighted by atomic mass is 16.3. The summed E-state index contributed by atoms with van der Waals surface area (Å²) >= 11 is 0. The highest BCUT2D eigenvalue weighted by molar-refractivity contribution is 5.04. The van der Waals surface area contributed by atoms with Crippen LogP contribution in [0.3, 0.4) is 0 Å². The zero-order valence-electron chi connectivity index (χ0n) is 11.6. The number of nitrogens with one attached hydrogen (secondary N) is 1. The summed E-state index contributed by atoms with van der Waals surface area (Å²) in [7, 11) is 4.32. The number of hydrogen-bond acceptors (Lipinski definition) is 4. The predicted molar refractivity (Wildman–Crippen MR) is 73.6 cm³/mol. The van der Waals surface area contributed by atoms with Crippen molar-refractivity contribution in [3.05, 3.63) is 24.2 Å². The molecule has 1 N–H and O–H groups in total. The fourth-order valence-electron chi connectivity index (χ4n) is 2.67. The number of hydrogen-bond donors (Lipinski definition) is 1. The third-order valence-electron chi connectivity index (χ3n) is 3.56. The molecule has 18 heavy (non-hydrogen) atoms. The average Bonchev–Trinajstić information content (AvgIpc) is 2.95. The van der Waals surface area contributed by atoms with Crippen LogP contribution in [0.2, 0.25) is 0 Å². The molecule has 1 aromatic rings. The van der Waals surface area contributed by atoms with Gasteiger partial charge in [0.1, 0.15) is 0 Å². The zero-order chi connectivity index (χ0) is 12.8. The lowest BCUT2D eigenvalue weighted by Gasteiger charge is -2.27. The Hall–Kier alpha value is -0.840. The minimum absolute atomic E-state index is 0.746. The Morgan fingerprint density at radius 3 is 3.11 bits per heavy atom. The average molecular weight is 251 g/mol. The highest BCUT2D eigenvalue weighted by Gasteiger charge is 2.23. The Morgan fingerprint density at radius 2 is 2.39 bits per heavy atom. The van der Waals surface area contributed by atoms with Crippen molar-refractivity contribution in [1.29, 1.82) is 0 Å². The van der Waals surface area contributed by atoms with Gasteiger partial charge >= 0.3 is 0 Å². The minimum atomic E-state index is 0.746. The predicted octanol–water partition coefficient (Wildman–Crippen LogP) is 1.40. The second-order valence-electron chi connectivity index (χ2n) is 5.40. The maximum absolute atomic E-state index is 5.05. The van der Waals surface area contributed by atoms with E-state index in [2.05, 4.69) is 29.2 Å². The molecule has 1 aliphatic heterocycles. The molecule has 102 valence electrons. The van der Waals surface area contributed by atoms with Gasteiger partial charge in [0.2, 0.25) is 0 Å². The molecule has 1 atom stereocenters. The Kier molecular flexibility index (Phi) is 5.23. The van der Waals surface area contributed by atoms with Crippen molar-refractivity contribution in [2.75, 3.05) is 40.3 Å². The molecule has 4 nitrogen and oxygen atoms in total. The van der Waals surface area contributed by atoms with E-state index in [1.165, 1.54) is 31.5 Å². The van der Waals surface area contributed by atoms with Crippen molar-refractivity contribution in [2.45, 2.75) is 25.4 Å². The molecule has 1 aliphatic rings. The van der Waals surface area contributed by atoms with Crippen LogP contribution in [-0.4, -0.2) is 56.1 Å². The monoisotopic (exact) mass is 251 g/mol. The van der Waals surface area contributed by atoms with Gasteiger partial charge in [-0.05, 0) is 39.5 Å². The summed E-state index contributed by atoms with van der Waals surface area (Å²) in [5, 5.41) is 3.47. The molecule has 1 aromatic heterocycles. The van der Waals surface area contributed by atoms with Gasteiger partial charge in [-0.2, -0.15) is 0 Å². The fourth-order valence-corrected chi connectivity index (χ4v) is 2.67. The smallest absolute Gasteiger partial charge is 0.0947 e. The molecule has 1 saturated heterocycles. The normalized spacial score (nSPS) is 20.9. The SMILES string of the molecule is CN(C)CC1CCCN1CCNCc1ccoc1. The number of rotatable bonds is 7. The Morgan fingerprint density at radius 1 is 1.50 bits per heavy atom. The van der Waals surface area contributed by atoms with E-state index in [-0.39, 0.29) is 0 Å². The summed E-state index contributed by atoms with van der Waals surface area (Å²) in [6, 6.07) is 2.76. The Bertz CT molecular complexity index is 324. The van der Waals surface area contributed by atoms with Gasteiger partial charge in [0.15, 0.2) is 0 Å². The second-order valence-corrected chi connectivity index (χ2v) is 5.40. The van der Waals surface area contributed by atoms with Crippen LogP contribution in [0.15, 0.2) is 23.0 Å². The molecule has 0 radical (unpaired) electrons. The lowest BCUT2D eigenvalue weighted by Crippen LogP contribution is -2.40. The van der Waals surface area contributed by atoms with Crippen LogP contribution in [0.1, 0.15) is 18.4 Å². The highest BCUT2D eigenvalue weighted by Crippen LogP contribution is 2.16. The first-order valence-electron chi connectivity index (χ1n) is 6.86. The Balaban J connectivity index is 1.63. The van der Waals surface area contributed by atoms with Crippen molar-refractivity contribution in [3.63, 3.8) is 0 Å². The number of nitrogens with zero attached hydrogens (tertiary/aromatic N) is 2. The van der Waals surface area contributed by atoms with Gasteiger partial charge < -0.3 is 14.6 Å². The van der Waals surface area contributed by atoms with E-state index in [0.717, 1.165) is 25.7 Å². The van der Waals surface area contributed by atoms with Gasteiger partial charge in [0.05, 0.1) is 12.5 Å². The summed E-state index contributed by atoms with van der Waals surface area (Å²) in [5.74, 6) is 0. The van der Waals surface area contributed by atoms with Crippen LogP contribution in [0, 0.1) is 0 Å². The molecule has 0 amide bonds. The largest absolute Gasteiger partial charge is 0.472 e. The third-order valence-corrected chi connectivity index (χ3v) is 3.56. The van der Waals surface area contributed by atoms with E-state index in [0.29, 0.717) is 0 Å². The summed E-state index contributed by atoms with van der Waals surface area (Å²) in [6.07, 6.45) is 6.22. The third kappa shape index (κ3) is 4.12. The van der Waals surface area contributed by atoms with Crippen molar-refractivity contribution in [1.82, 2.24) is 15.1 Å².